The highest BCUT2D eigenvalue weighted by Gasteiger charge is 2.24. The molecule has 0 aliphatic carbocycles. The number of amides is 1. The van der Waals surface area contributed by atoms with Gasteiger partial charge in [0.1, 0.15) is 6.04 Å². The highest BCUT2D eigenvalue weighted by molar-refractivity contribution is 9.10. The van der Waals surface area contributed by atoms with Gasteiger partial charge in [-0.25, -0.2) is 4.79 Å². The van der Waals surface area contributed by atoms with Gasteiger partial charge in [-0.05, 0) is 40.6 Å². The number of hydrogen-bond donors (Lipinski definition) is 1. The van der Waals surface area contributed by atoms with E-state index in [0.29, 0.717) is 10.6 Å². The second kappa shape index (κ2) is 8.55. The summed E-state index contributed by atoms with van der Waals surface area (Å²) in [4.78, 5) is 25.1. The van der Waals surface area contributed by atoms with Crippen LogP contribution in [0.5, 0.6) is 0 Å². The van der Waals surface area contributed by atoms with Crippen LogP contribution in [-0.2, 0) is 16.0 Å². The van der Waals surface area contributed by atoms with E-state index in [1.54, 1.807) is 24.3 Å². The maximum absolute atomic E-state index is 12.9. The van der Waals surface area contributed by atoms with Gasteiger partial charge in [0.25, 0.3) is 5.91 Å². The summed E-state index contributed by atoms with van der Waals surface area (Å²) in [5.41, 5.74) is 1.31. The molecular formula is C21H17BrClNO3. The number of carbonyl (C=O) groups is 2. The Kier molecular flexibility index (Phi) is 6.14. The van der Waals surface area contributed by atoms with Crippen molar-refractivity contribution >= 4 is 50.2 Å². The Morgan fingerprint density at radius 2 is 1.85 bits per heavy atom. The molecule has 0 saturated carbocycles. The Morgan fingerprint density at radius 3 is 2.63 bits per heavy atom. The number of ether oxygens (including phenoxy) is 1. The molecule has 0 radical (unpaired) electrons. The fourth-order valence-electron chi connectivity index (χ4n) is 2.91. The molecule has 27 heavy (non-hydrogen) atoms. The number of esters is 1. The van der Waals surface area contributed by atoms with Crippen LogP contribution in [0.1, 0.15) is 15.9 Å². The average molecular weight is 447 g/mol. The third-order valence-corrected chi connectivity index (χ3v) is 5.27. The second-order valence-corrected chi connectivity index (χ2v) is 7.31. The summed E-state index contributed by atoms with van der Waals surface area (Å²) in [6, 6.07) is 17.6. The molecule has 3 rings (SSSR count). The lowest BCUT2D eigenvalue weighted by Crippen LogP contribution is -2.43. The standard InChI is InChI=1S/C21H17BrClNO3/c1-27-21(26)19(12-14-11-15(23)9-10-18(14)22)24-20(25)17-8-4-6-13-5-2-3-7-16(13)17/h2-11,19H,12H2,1H3,(H,24,25)/t19-/m1/s1. The van der Waals surface area contributed by atoms with Crippen LogP contribution < -0.4 is 5.32 Å². The lowest BCUT2D eigenvalue weighted by atomic mass is 10.0. The zero-order valence-electron chi connectivity index (χ0n) is 14.5. The van der Waals surface area contributed by atoms with Gasteiger partial charge in [-0.3, -0.25) is 4.79 Å². The van der Waals surface area contributed by atoms with Gasteiger partial charge in [0, 0.05) is 21.5 Å². The minimum Gasteiger partial charge on any atom is -0.467 e. The minimum absolute atomic E-state index is 0.254. The first-order chi connectivity index (χ1) is 13.0. The lowest BCUT2D eigenvalue weighted by molar-refractivity contribution is -0.142. The van der Waals surface area contributed by atoms with Crippen LogP contribution in [0.2, 0.25) is 5.02 Å². The fourth-order valence-corrected chi connectivity index (χ4v) is 3.52. The lowest BCUT2D eigenvalue weighted by Gasteiger charge is -2.18. The molecule has 138 valence electrons. The van der Waals surface area contributed by atoms with E-state index in [-0.39, 0.29) is 12.3 Å². The second-order valence-electron chi connectivity index (χ2n) is 6.02. The van der Waals surface area contributed by atoms with Crippen LogP contribution in [0.25, 0.3) is 10.8 Å². The maximum Gasteiger partial charge on any atom is 0.328 e. The predicted octanol–water partition coefficient (Wildman–Crippen LogP) is 4.77. The monoisotopic (exact) mass is 445 g/mol. The number of nitrogens with one attached hydrogen (secondary N) is 1. The quantitative estimate of drug-likeness (QED) is 0.574. The molecular weight excluding hydrogens is 430 g/mol. The van der Waals surface area contributed by atoms with Gasteiger partial charge in [-0.1, -0.05) is 63.9 Å². The molecule has 0 saturated heterocycles. The van der Waals surface area contributed by atoms with Gasteiger partial charge in [0.2, 0.25) is 0 Å². The molecule has 1 atom stereocenters. The van der Waals surface area contributed by atoms with E-state index in [1.165, 1.54) is 7.11 Å². The minimum atomic E-state index is -0.837. The van der Waals surface area contributed by atoms with Crippen molar-refractivity contribution in [1.82, 2.24) is 5.32 Å². The average Bonchev–Trinajstić information content (AvgIpc) is 2.69. The van der Waals surface area contributed by atoms with Crippen molar-refractivity contribution in [1.29, 1.82) is 0 Å². The molecule has 0 bridgehead atoms. The molecule has 0 unspecified atom stereocenters. The Morgan fingerprint density at radius 1 is 1.11 bits per heavy atom. The number of carbonyl (C=O) groups excluding carboxylic acids is 2. The van der Waals surface area contributed by atoms with Crippen molar-refractivity contribution in [3.05, 3.63) is 81.3 Å². The van der Waals surface area contributed by atoms with Crippen molar-refractivity contribution in [3.63, 3.8) is 0 Å². The summed E-state index contributed by atoms with van der Waals surface area (Å²) in [5.74, 6) is -0.851. The van der Waals surface area contributed by atoms with Crippen LogP contribution >= 0.6 is 27.5 Å². The van der Waals surface area contributed by atoms with E-state index < -0.39 is 12.0 Å². The van der Waals surface area contributed by atoms with E-state index in [4.69, 9.17) is 16.3 Å². The van der Waals surface area contributed by atoms with Crippen molar-refractivity contribution in [2.75, 3.05) is 7.11 Å². The summed E-state index contributed by atoms with van der Waals surface area (Å²) in [6.07, 6.45) is 0.254. The first kappa shape index (κ1) is 19.4. The molecule has 0 aliphatic heterocycles. The number of methoxy groups -OCH3 is 1. The Bertz CT molecular complexity index is 1000. The van der Waals surface area contributed by atoms with Crippen molar-refractivity contribution in [2.45, 2.75) is 12.5 Å². The van der Waals surface area contributed by atoms with Crippen molar-refractivity contribution in [3.8, 4) is 0 Å². The van der Waals surface area contributed by atoms with E-state index in [0.717, 1.165) is 20.8 Å². The zero-order chi connectivity index (χ0) is 19.4. The molecule has 1 amide bonds. The molecule has 1 N–H and O–H groups in total. The summed E-state index contributed by atoms with van der Waals surface area (Å²) < 4.78 is 5.68. The predicted molar refractivity (Wildman–Crippen MR) is 110 cm³/mol. The fraction of sp³-hybridized carbons (Fsp3) is 0.143. The molecule has 6 heteroatoms. The summed E-state index contributed by atoms with van der Waals surface area (Å²) >= 11 is 9.51. The van der Waals surface area contributed by atoms with Crippen molar-refractivity contribution in [2.24, 2.45) is 0 Å². The van der Waals surface area contributed by atoms with E-state index in [1.807, 2.05) is 36.4 Å². The largest absolute Gasteiger partial charge is 0.467 e. The van der Waals surface area contributed by atoms with Gasteiger partial charge in [0.15, 0.2) is 0 Å². The highest BCUT2D eigenvalue weighted by atomic mass is 79.9. The molecule has 3 aromatic rings. The number of rotatable bonds is 5. The summed E-state index contributed by atoms with van der Waals surface area (Å²) in [7, 11) is 1.30. The van der Waals surface area contributed by atoms with E-state index in [2.05, 4.69) is 21.2 Å². The van der Waals surface area contributed by atoms with Crippen LogP contribution in [-0.4, -0.2) is 25.0 Å². The van der Waals surface area contributed by atoms with Gasteiger partial charge in [-0.2, -0.15) is 0 Å². The molecule has 0 spiro atoms. The first-order valence-corrected chi connectivity index (χ1v) is 9.47. The SMILES string of the molecule is COC(=O)[C@@H](Cc1cc(Cl)ccc1Br)NC(=O)c1cccc2ccccc12. The zero-order valence-corrected chi connectivity index (χ0v) is 16.9. The van der Waals surface area contributed by atoms with Crippen LogP contribution in [0.3, 0.4) is 0 Å². The van der Waals surface area contributed by atoms with E-state index in [9.17, 15) is 9.59 Å². The van der Waals surface area contributed by atoms with Crippen molar-refractivity contribution < 1.29 is 14.3 Å². The normalized spacial score (nSPS) is 11.8. The Labute approximate surface area is 170 Å². The highest BCUT2D eigenvalue weighted by Crippen LogP contribution is 2.23. The molecule has 0 aliphatic rings. The van der Waals surface area contributed by atoms with Gasteiger partial charge < -0.3 is 10.1 Å². The Balaban J connectivity index is 1.89. The summed E-state index contributed by atoms with van der Waals surface area (Å²) in [5, 5.41) is 5.13. The molecule has 0 fully saturated rings. The summed E-state index contributed by atoms with van der Waals surface area (Å²) in [6.45, 7) is 0. The Hall–Kier alpha value is -2.37. The van der Waals surface area contributed by atoms with Gasteiger partial charge >= 0.3 is 5.97 Å². The number of hydrogen-bond acceptors (Lipinski definition) is 3. The topological polar surface area (TPSA) is 55.4 Å². The molecule has 4 nitrogen and oxygen atoms in total. The smallest absolute Gasteiger partial charge is 0.328 e. The first-order valence-electron chi connectivity index (χ1n) is 8.30. The molecule has 0 heterocycles. The third-order valence-electron chi connectivity index (χ3n) is 4.26. The van der Waals surface area contributed by atoms with Crippen LogP contribution in [0.15, 0.2) is 65.1 Å². The van der Waals surface area contributed by atoms with Crippen LogP contribution in [0, 0.1) is 0 Å². The maximum atomic E-state index is 12.9. The van der Waals surface area contributed by atoms with E-state index >= 15 is 0 Å². The van der Waals surface area contributed by atoms with Crippen LogP contribution in [0.4, 0.5) is 0 Å². The molecule has 0 aromatic heterocycles. The van der Waals surface area contributed by atoms with Gasteiger partial charge in [-0.15, -0.1) is 0 Å². The molecule has 3 aromatic carbocycles. The van der Waals surface area contributed by atoms with Gasteiger partial charge in [0.05, 0.1) is 7.11 Å². The number of benzene rings is 3. The number of fused-ring (bicyclic) bond motifs is 1. The number of halogens is 2. The third kappa shape index (κ3) is 4.49.